The van der Waals surface area contributed by atoms with Gasteiger partial charge in [0, 0.05) is 35.9 Å². The van der Waals surface area contributed by atoms with Gasteiger partial charge < -0.3 is 35.3 Å². The first-order chi connectivity index (χ1) is 17.8. The highest BCUT2D eigenvalue weighted by Gasteiger charge is 2.37. The van der Waals surface area contributed by atoms with Crippen molar-refractivity contribution in [3.63, 3.8) is 0 Å². The van der Waals surface area contributed by atoms with Crippen LogP contribution in [-0.2, 0) is 9.53 Å². The molecule has 0 spiro atoms. The number of aliphatic hydroxyl groups excluding tert-OH is 4. The molecule has 13 nitrogen and oxygen atoms in total. The predicted octanol–water partition coefficient (Wildman–Crippen LogP) is 0.380. The molecule has 1 aliphatic rings. The number of fused-ring (bicyclic) bond motifs is 1. The number of rotatable bonds is 12. The van der Waals surface area contributed by atoms with Crippen molar-refractivity contribution in [3.8, 4) is 17.3 Å². The highest BCUT2D eigenvalue weighted by Crippen LogP contribution is 2.39. The van der Waals surface area contributed by atoms with E-state index in [-0.39, 0.29) is 37.5 Å². The molecule has 7 unspecified atom stereocenters. The topological polar surface area (TPSA) is 211 Å². The van der Waals surface area contributed by atoms with E-state index in [4.69, 9.17) is 9.84 Å². The molecule has 0 amide bonds. The summed E-state index contributed by atoms with van der Waals surface area (Å²) in [6, 6.07) is 3.88. The molecule has 0 bridgehead atoms. The number of hydrogen-bond donors (Lipinski definition) is 6. The molecule has 3 aromatic rings. The van der Waals surface area contributed by atoms with Crippen molar-refractivity contribution in [1.29, 1.82) is 5.26 Å². The van der Waals surface area contributed by atoms with Crippen molar-refractivity contribution in [3.05, 3.63) is 31.0 Å². The van der Waals surface area contributed by atoms with E-state index >= 15 is 0 Å². The van der Waals surface area contributed by atoms with Crippen LogP contribution in [-0.4, -0.2) is 93.4 Å². The van der Waals surface area contributed by atoms with Gasteiger partial charge in [-0.25, -0.2) is 14.8 Å². The lowest BCUT2D eigenvalue weighted by molar-refractivity contribution is -0.163. The van der Waals surface area contributed by atoms with Crippen LogP contribution in [0.25, 0.3) is 22.3 Å². The van der Waals surface area contributed by atoms with E-state index in [0.29, 0.717) is 5.65 Å². The standard InChI is InChI=1S/C24H30N6O7/c25-7-4-16(30-11-13(10-29-30)19-15-5-8-26-23(15)28-12-27-19)14-2-1-3-18(14)37-9-6-17(31)20(32)21(33)22(34)24(35)36/h5,8,10-12,14,16-18,20-22,31-34H,1-4,6,9H2,(H,35,36)(H,26,27,28). The fraction of sp³-hybridized carbons (Fsp3) is 0.542. The van der Waals surface area contributed by atoms with Crippen LogP contribution < -0.4 is 0 Å². The van der Waals surface area contributed by atoms with Crippen LogP contribution in [0.15, 0.2) is 31.0 Å². The first-order valence-electron chi connectivity index (χ1n) is 12.1. The molecule has 1 saturated carbocycles. The Kier molecular flexibility index (Phi) is 8.47. The smallest absolute Gasteiger partial charge is 0.335 e. The quantitative estimate of drug-likeness (QED) is 0.194. The van der Waals surface area contributed by atoms with Gasteiger partial charge in [-0.1, -0.05) is 6.42 Å². The number of aliphatic carboxylic acids is 1. The number of aliphatic hydroxyl groups is 4. The summed E-state index contributed by atoms with van der Waals surface area (Å²) in [5.74, 6) is -1.72. The average molecular weight is 515 g/mol. The molecule has 7 atom stereocenters. The van der Waals surface area contributed by atoms with Gasteiger partial charge in [-0.2, -0.15) is 10.4 Å². The second kappa shape index (κ2) is 11.8. The number of carbonyl (C=O) groups is 1. The van der Waals surface area contributed by atoms with Gasteiger partial charge in [-0.3, -0.25) is 4.68 Å². The minimum atomic E-state index is -2.22. The van der Waals surface area contributed by atoms with Gasteiger partial charge in [0.15, 0.2) is 6.10 Å². The second-order valence-corrected chi connectivity index (χ2v) is 9.23. The third-order valence-electron chi connectivity index (χ3n) is 6.93. The number of hydrogen-bond acceptors (Lipinski definition) is 10. The van der Waals surface area contributed by atoms with Crippen molar-refractivity contribution in [2.45, 2.75) is 68.7 Å². The Morgan fingerprint density at radius 3 is 2.81 bits per heavy atom. The molecule has 198 valence electrons. The number of H-pyrrole nitrogens is 1. The van der Waals surface area contributed by atoms with Crippen LogP contribution in [0.2, 0.25) is 0 Å². The Morgan fingerprint density at radius 1 is 1.24 bits per heavy atom. The van der Waals surface area contributed by atoms with Crippen molar-refractivity contribution in [2.24, 2.45) is 5.92 Å². The molecule has 3 heterocycles. The zero-order valence-electron chi connectivity index (χ0n) is 20.0. The number of carboxylic acid groups (broad SMARTS) is 1. The Morgan fingerprint density at radius 2 is 2.05 bits per heavy atom. The van der Waals surface area contributed by atoms with E-state index < -0.39 is 30.4 Å². The first kappa shape index (κ1) is 26.6. The van der Waals surface area contributed by atoms with Gasteiger partial charge >= 0.3 is 5.97 Å². The van der Waals surface area contributed by atoms with Crippen LogP contribution in [0.1, 0.15) is 38.1 Å². The molecule has 13 heteroatoms. The third kappa shape index (κ3) is 5.79. The molecule has 0 aliphatic heterocycles. The second-order valence-electron chi connectivity index (χ2n) is 9.23. The maximum atomic E-state index is 10.8. The summed E-state index contributed by atoms with van der Waals surface area (Å²) in [6.45, 7) is 0.0331. The fourth-order valence-corrected chi connectivity index (χ4v) is 4.95. The number of aromatic amines is 1. The number of carboxylic acids is 1. The number of nitriles is 1. The molecular weight excluding hydrogens is 484 g/mol. The SMILES string of the molecule is N#CCC(C1CCCC1OCCC(O)C(O)C(O)C(O)C(=O)O)n1cc(-c2ncnc3[nH]ccc23)cn1. The molecule has 1 fully saturated rings. The summed E-state index contributed by atoms with van der Waals surface area (Å²) in [7, 11) is 0. The van der Waals surface area contributed by atoms with Gasteiger partial charge in [0.1, 0.15) is 24.2 Å². The van der Waals surface area contributed by atoms with Gasteiger partial charge in [-0.15, -0.1) is 0 Å². The first-order valence-corrected chi connectivity index (χ1v) is 12.1. The maximum absolute atomic E-state index is 10.8. The van der Waals surface area contributed by atoms with Crippen LogP contribution >= 0.6 is 0 Å². The number of aromatic nitrogens is 5. The molecule has 0 aromatic carbocycles. The summed E-state index contributed by atoms with van der Waals surface area (Å²) in [5.41, 5.74) is 2.24. The van der Waals surface area contributed by atoms with Crippen LogP contribution in [0, 0.1) is 17.2 Å². The Bertz CT molecular complexity index is 1240. The number of nitrogens with zero attached hydrogens (tertiary/aromatic N) is 5. The molecule has 1 aliphatic carbocycles. The predicted molar refractivity (Wildman–Crippen MR) is 128 cm³/mol. The molecule has 3 aromatic heterocycles. The van der Waals surface area contributed by atoms with Crippen LogP contribution in [0.3, 0.4) is 0 Å². The van der Waals surface area contributed by atoms with Crippen molar-refractivity contribution in [2.75, 3.05) is 6.61 Å². The van der Waals surface area contributed by atoms with Crippen molar-refractivity contribution < 1.29 is 35.1 Å². The van der Waals surface area contributed by atoms with Crippen molar-refractivity contribution >= 4 is 17.0 Å². The lowest BCUT2D eigenvalue weighted by Gasteiger charge is -2.29. The summed E-state index contributed by atoms with van der Waals surface area (Å²) < 4.78 is 7.78. The van der Waals surface area contributed by atoms with E-state index in [1.165, 1.54) is 6.33 Å². The van der Waals surface area contributed by atoms with E-state index in [2.05, 4.69) is 26.1 Å². The molecule has 37 heavy (non-hydrogen) atoms. The lowest BCUT2D eigenvalue weighted by atomic mass is 9.93. The number of nitrogens with one attached hydrogen (secondary N) is 1. The van der Waals surface area contributed by atoms with E-state index in [1.807, 2.05) is 12.3 Å². The van der Waals surface area contributed by atoms with Gasteiger partial charge in [0.05, 0.1) is 42.6 Å². The van der Waals surface area contributed by atoms with Crippen LogP contribution in [0.4, 0.5) is 0 Å². The zero-order valence-corrected chi connectivity index (χ0v) is 20.0. The minimum absolute atomic E-state index is 0.0217. The highest BCUT2D eigenvalue weighted by atomic mass is 16.5. The largest absolute Gasteiger partial charge is 0.479 e. The summed E-state index contributed by atoms with van der Waals surface area (Å²) in [4.78, 5) is 22.5. The monoisotopic (exact) mass is 514 g/mol. The molecule has 0 saturated heterocycles. The Hall–Kier alpha value is -3.41. The molecule has 0 radical (unpaired) electrons. The zero-order chi connectivity index (χ0) is 26.5. The Labute approximate surface area is 212 Å². The van der Waals surface area contributed by atoms with Crippen molar-refractivity contribution in [1.82, 2.24) is 24.7 Å². The summed E-state index contributed by atoms with van der Waals surface area (Å²) in [5, 5.41) is 62.9. The molecule has 4 rings (SSSR count). The fourth-order valence-electron chi connectivity index (χ4n) is 4.95. The average Bonchev–Trinajstić information content (AvgIpc) is 3.66. The van der Waals surface area contributed by atoms with E-state index in [0.717, 1.165) is 35.9 Å². The molecular formula is C24H30N6O7. The number of ether oxygens (including phenoxy) is 1. The van der Waals surface area contributed by atoms with E-state index in [9.17, 15) is 30.5 Å². The molecule has 6 N–H and O–H groups in total. The van der Waals surface area contributed by atoms with E-state index in [1.54, 1.807) is 17.1 Å². The summed E-state index contributed by atoms with van der Waals surface area (Å²) >= 11 is 0. The highest BCUT2D eigenvalue weighted by molar-refractivity contribution is 5.89. The van der Waals surface area contributed by atoms with Crippen LogP contribution in [0.5, 0.6) is 0 Å². The van der Waals surface area contributed by atoms with Gasteiger partial charge in [0.25, 0.3) is 0 Å². The third-order valence-corrected chi connectivity index (χ3v) is 6.93. The van der Waals surface area contributed by atoms with Gasteiger partial charge in [-0.05, 0) is 25.3 Å². The minimum Gasteiger partial charge on any atom is -0.479 e. The maximum Gasteiger partial charge on any atom is 0.335 e. The Balaban J connectivity index is 1.41. The lowest BCUT2D eigenvalue weighted by Crippen LogP contribution is -2.47. The normalized spacial score (nSPS) is 21.8. The van der Waals surface area contributed by atoms with Gasteiger partial charge in [0.2, 0.25) is 0 Å². The summed E-state index contributed by atoms with van der Waals surface area (Å²) in [6.07, 6.45) is 1.60.